The third-order valence-electron chi connectivity index (χ3n) is 2.04. The van der Waals surface area contributed by atoms with E-state index in [2.05, 4.69) is 25.5 Å². The van der Waals surface area contributed by atoms with Crippen LogP contribution in [0.3, 0.4) is 0 Å². The third-order valence-corrected chi connectivity index (χ3v) is 2.04. The minimum atomic E-state index is 0.220. The zero-order chi connectivity index (χ0) is 9.54. The molecule has 0 bridgehead atoms. The molecule has 1 aliphatic heterocycles. The van der Waals surface area contributed by atoms with Crippen molar-refractivity contribution < 1.29 is 4.74 Å². The molecule has 0 unspecified atom stereocenters. The van der Waals surface area contributed by atoms with Gasteiger partial charge in [-0.3, -0.25) is 5.10 Å². The predicted octanol–water partition coefficient (Wildman–Crippen LogP) is -0.261. The lowest BCUT2D eigenvalue weighted by atomic mass is 10.4. The van der Waals surface area contributed by atoms with Gasteiger partial charge in [-0.1, -0.05) is 0 Å². The molecule has 0 aromatic carbocycles. The third kappa shape index (κ3) is 0.889. The van der Waals surface area contributed by atoms with Crippen molar-refractivity contribution in [2.24, 2.45) is 0 Å². The van der Waals surface area contributed by atoms with Crippen LogP contribution in [0.4, 0.5) is 11.8 Å². The maximum Gasteiger partial charge on any atom is 0.246 e. The Morgan fingerprint density at radius 1 is 1.36 bits per heavy atom. The number of nitrogens with zero attached hydrogens (tertiary/aromatic N) is 3. The van der Waals surface area contributed by atoms with E-state index in [9.17, 15) is 0 Å². The Morgan fingerprint density at radius 3 is 3.21 bits per heavy atom. The molecule has 2 aromatic heterocycles. The highest BCUT2D eigenvalue weighted by atomic mass is 16.5. The number of aromatic nitrogens is 4. The SMILES string of the molecule is Nc1nc2c3c(n[nH]c3n1)OCCN2. The summed E-state index contributed by atoms with van der Waals surface area (Å²) in [4.78, 5) is 8.09. The summed E-state index contributed by atoms with van der Waals surface area (Å²) in [5.41, 5.74) is 6.13. The summed E-state index contributed by atoms with van der Waals surface area (Å²) in [5.74, 6) is 1.42. The summed E-state index contributed by atoms with van der Waals surface area (Å²) < 4.78 is 5.37. The largest absolute Gasteiger partial charge is 0.474 e. The quantitative estimate of drug-likeness (QED) is 0.531. The Labute approximate surface area is 78.7 Å². The van der Waals surface area contributed by atoms with Crippen molar-refractivity contribution >= 4 is 22.8 Å². The van der Waals surface area contributed by atoms with Crippen LogP contribution in [0.5, 0.6) is 5.88 Å². The number of rotatable bonds is 0. The van der Waals surface area contributed by atoms with E-state index in [1.807, 2.05) is 0 Å². The Balaban J connectivity index is 2.39. The fourth-order valence-corrected chi connectivity index (χ4v) is 1.47. The smallest absolute Gasteiger partial charge is 0.246 e. The van der Waals surface area contributed by atoms with E-state index in [1.54, 1.807) is 0 Å². The lowest BCUT2D eigenvalue weighted by molar-refractivity contribution is 0.325. The molecule has 1 aliphatic rings. The molecule has 3 heterocycles. The molecule has 0 radical (unpaired) electrons. The second kappa shape index (κ2) is 2.47. The molecule has 0 fully saturated rings. The van der Waals surface area contributed by atoms with Gasteiger partial charge in [-0.05, 0) is 0 Å². The van der Waals surface area contributed by atoms with Crippen molar-refractivity contribution in [3.05, 3.63) is 0 Å². The van der Waals surface area contributed by atoms with Gasteiger partial charge in [0.1, 0.15) is 17.8 Å². The van der Waals surface area contributed by atoms with Crippen molar-refractivity contribution in [2.75, 3.05) is 24.2 Å². The van der Waals surface area contributed by atoms with E-state index < -0.39 is 0 Å². The zero-order valence-electron chi connectivity index (χ0n) is 7.24. The minimum Gasteiger partial charge on any atom is -0.474 e. The first kappa shape index (κ1) is 7.36. The van der Waals surface area contributed by atoms with Crippen LogP contribution in [-0.4, -0.2) is 33.3 Å². The molecule has 7 heteroatoms. The molecule has 2 aromatic rings. The average Bonchev–Trinajstić information content (AvgIpc) is 2.43. The Morgan fingerprint density at radius 2 is 2.29 bits per heavy atom. The molecule has 0 saturated carbocycles. The van der Waals surface area contributed by atoms with Crippen LogP contribution in [0.15, 0.2) is 0 Å². The van der Waals surface area contributed by atoms with Gasteiger partial charge in [-0.25, -0.2) is 0 Å². The van der Waals surface area contributed by atoms with Crippen LogP contribution in [0.2, 0.25) is 0 Å². The topological polar surface area (TPSA) is 102 Å². The molecule has 72 valence electrons. The minimum absolute atomic E-state index is 0.220. The fraction of sp³-hybridized carbons (Fsp3) is 0.286. The molecule has 0 spiro atoms. The number of nitrogens with one attached hydrogen (secondary N) is 2. The maximum absolute atomic E-state index is 5.53. The van der Waals surface area contributed by atoms with Crippen LogP contribution >= 0.6 is 0 Å². The van der Waals surface area contributed by atoms with Gasteiger partial charge in [0.25, 0.3) is 0 Å². The number of nitrogen functional groups attached to an aromatic ring is 1. The van der Waals surface area contributed by atoms with Crippen LogP contribution < -0.4 is 15.8 Å². The van der Waals surface area contributed by atoms with Crippen LogP contribution in [0, 0.1) is 0 Å². The van der Waals surface area contributed by atoms with E-state index in [0.717, 1.165) is 5.39 Å². The van der Waals surface area contributed by atoms with E-state index in [-0.39, 0.29) is 5.95 Å². The van der Waals surface area contributed by atoms with Gasteiger partial charge < -0.3 is 15.8 Å². The van der Waals surface area contributed by atoms with Crippen LogP contribution in [0.1, 0.15) is 0 Å². The number of anilines is 2. The fourth-order valence-electron chi connectivity index (χ4n) is 1.47. The normalized spacial score (nSPS) is 14.6. The molecule has 0 aliphatic carbocycles. The van der Waals surface area contributed by atoms with Gasteiger partial charge in [0.15, 0.2) is 5.65 Å². The van der Waals surface area contributed by atoms with Gasteiger partial charge in [-0.2, -0.15) is 9.97 Å². The number of hydrogen-bond acceptors (Lipinski definition) is 6. The summed E-state index contributed by atoms with van der Waals surface area (Å²) >= 11 is 0. The maximum atomic E-state index is 5.53. The standard InChI is InChI=1S/C7H8N6O/c8-7-10-4-3-5(11-7)12-13-6(3)14-2-1-9-4/h1-2H2,(H4,8,9,10,11,12,13). The van der Waals surface area contributed by atoms with Crippen LogP contribution in [0.25, 0.3) is 11.0 Å². The molecular formula is C7H8N6O. The summed E-state index contributed by atoms with van der Waals surface area (Å²) in [5, 5.41) is 10.6. The van der Waals surface area contributed by atoms with E-state index in [4.69, 9.17) is 10.5 Å². The van der Waals surface area contributed by atoms with Crippen LogP contribution in [-0.2, 0) is 0 Å². The van der Waals surface area contributed by atoms with Gasteiger partial charge >= 0.3 is 0 Å². The first-order chi connectivity index (χ1) is 6.84. The van der Waals surface area contributed by atoms with Crippen molar-refractivity contribution in [3.8, 4) is 5.88 Å². The van der Waals surface area contributed by atoms with Crippen molar-refractivity contribution in [1.29, 1.82) is 0 Å². The molecule has 4 N–H and O–H groups in total. The monoisotopic (exact) mass is 192 g/mol. The lowest BCUT2D eigenvalue weighted by Crippen LogP contribution is -2.10. The first-order valence-corrected chi connectivity index (χ1v) is 4.23. The molecule has 3 rings (SSSR count). The number of aromatic amines is 1. The Kier molecular flexibility index (Phi) is 1.30. The molecule has 0 saturated heterocycles. The lowest BCUT2D eigenvalue weighted by Gasteiger charge is -2.01. The number of ether oxygens (including phenoxy) is 1. The number of nitrogens with two attached hydrogens (primary N) is 1. The summed E-state index contributed by atoms with van der Waals surface area (Å²) in [6, 6.07) is 0. The average molecular weight is 192 g/mol. The van der Waals surface area contributed by atoms with Crippen molar-refractivity contribution in [3.63, 3.8) is 0 Å². The highest BCUT2D eigenvalue weighted by Gasteiger charge is 2.17. The molecule has 0 atom stereocenters. The molecule has 0 amide bonds. The second-order valence-corrected chi connectivity index (χ2v) is 2.96. The van der Waals surface area contributed by atoms with E-state index >= 15 is 0 Å². The number of hydrogen-bond donors (Lipinski definition) is 3. The van der Waals surface area contributed by atoms with Crippen molar-refractivity contribution in [2.45, 2.75) is 0 Å². The summed E-state index contributed by atoms with van der Waals surface area (Å²) in [6.45, 7) is 1.23. The van der Waals surface area contributed by atoms with Crippen molar-refractivity contribution in [1.82, 2.24) is 20.2 Å². The molecule has 14 heavy (non-hydrogen) atoms. The highest BCUT2D eigenvalue weighted by Crippen LogP contribution is 2.29. The summed E-state index contributed by atoms with van der Waals surface area (Å²) in [7, 11) is 0. The first-order valence-electron chi connectivity index (χ1n) is 4.23. The number of H-pyrrole nitrogens is 1. The Hall–Kier alpha value is -2.05. The molecular weight excluding hydrogens is 184 g/mol. The van der Waals surface area contributed by atoms with E-state index in [0.29, 0.717) is 30.5 Å². The second-order valence-electron chi connectivity index (χ2n) is 2.96. The van der Waals surface area contributed by atoms with Gasteiger partial charge in [0, 0.05) is 0 Å². The highest BCUT2D eigenvalue weighted by molar-refractivity contribution is 5.92. The molecule has 7 nitrogen and oxygen atoms in total. The summed E-state index contributed by atoms with van der Waals surface area (Å²) in [6.07, 6.45) is 0. The predicted molar refractivity (Wildman–Crippen MR) is 50.1 cm³/mol. The Bertz CT molecular complexity index is 492. The van der Waals surface area contributed by atoms with Gasteiger partial charge in [-0.15, -0.1) is 5.10 Å². The van der Waals surface area contributed by atoms with E-state index in [1.165, 1.54) is 0 Å². The van der Waals surface area contributed by atoms with Gasteiger partial charge in [0.2, 0.25) is 11.8 Å². The zero-order valence-corrected chi connectivity index (χ0v) is 7.24. The van der Waals surface area contributed by atoms with Gasteiger partial charge in [0.05, 0.1) is 6.54 Å².